The number of carbonyl (C=O) groups excluding carboxylic acids is 2. The highest BCUT2D eigenvalue weighted by atomic mass is 32.2. The van der Waals surface area contributed by atoms with Gasteiger partial charge in [0.2, 0.25) is 10.0 Å². The van der Waals surface area contributed by atoms with Gasteiger partial charge in [0.1, 0.15) is 0 Å². The van der Waals surface area contributed by atoms with Crippen LogP contribution in [0.2, 0.25) is 0 Å². The van der Waals surface area contributed by atoms with E-state index in [9.17, 15) is 28.1 Å². The number of nitro benzene ring substituents is 1. The van der Waals surface area contributed by atoms with Crippen molar-refractivity contribution in [3.8, 4) is 5.75 Å². The number of anilines is 1. The minimum Gasteiger partial charge on any atom is -0.490 e. The molecule has 2 aromatic rings. The van der Waals surface area contributed by atoms with Crippen LogP contribution < -0.4 is 10.1 Å². The van der Waals surface area contributed by atoms with Crippen molar-refractivity contribution in [1.82, 2.24) is 4.31 Å². The first-order chi connectivity index (χ1) is 18.1. The quantitative estimate of drug-likeness (QED) is 0.286. The van der Waals surface area contributed by atoms with E-state index in [-0.39, 0.29) is 44.5 Å². The van der Waals surface area contributed by atoms with Gasteiger partial charge in [0.25, 0.3) is 5.91 Å². The lowest BCUT2D eigenvalue weighted by Gasteiger charge is -2.39. The summed E-state index contributed by atoms with van der Waals surface area (Å²) in [5.74, 6) is -1.56. The second-order valence-corrected chi connectivity index (χ2v) is 13.4. The lowest BCUT2D eigenvalue weighted by atomic mass is 9.65. The Morgan fingerprint density at radius 3 is 2.56 bits per heavy atom. The van der Waals surface area contributed by atoms with Crippen LogP contribution in [0.1, 0.15) is 56.0 Å². The van der Waals surface area contributed by atoms with E-state index < -0.39 is 33.4 Å². The summed E-state index contributed by atoms with van der Waals surface area (Å²) in [5, 5.41) is 13.7. The second-order valence-electron chi connectivity index (χ2n) is 11.5. The smallest absolute Gasteiger partial charge is 0.338 e. The maximum Gasteiger partial charge on any atom is 0.338 e. The van der Waals surface area contributed by atoms with Crippen LogP contribution in [0.5, 0.6) is 5.75 Å². The zero-order chi connectivity index (χ0) is 28.8. The number of esters is 1. The fraction of sp³-hybridized carbons (Fsp3) is 0.481. The lowest BCUT2D eigenvalue weighted by Crippen LogP contribution is -2.37. The molecule has 1 heterocycles. The van der Waals surface area contributed by atoms with Gasteiger partial charge in [-0.2, -0.15) is 4.31 Å². The van der Waals surface area contributed by atoms with Gasteiger partial charge in [0.15, 0.2) is 12.4 Å². The molecule has 2 bridgehead atoms. The Kier molecular flexibility index (Phi) is 7.48. The molecule has 2 unspecified atom stereocenters. The Morgan fingerprint density at radius 1 is 1.18 bits per heavy atom. The topological polar surface area (TPSA) is 145 Å². The average molecular weight is 560 g/mol. The zero-order valence-electron chi connectivity index (χ0n) is 22.6. The first kappa shape index (κ1) is 28.5. The van der Waals surface area contributed by atoms with E-state index in [2.05, 4.69) is 26.1 Å². The molecule has 2 fully saturated rings. The molecule has 1 aliphatic carbocycles. The number of aryl methyl sites for hydroxylation is 1. The molecule has 1 saturated carbocycles. The number of carbonyl (C=O) groups is 2. The van der Waals surface area contributed by atoms with Crippen molar-refractivity contribution in [3.63, 3.8) is 0 Å². The summed E-state index contributed by atoms with van der Waals surface area (Å²) in [6.07, 6.45) is 2.54. The Bertz CT molecular complexity index is 1440. The molecule has 39 heavy (non-hydrogen) atoms. The predicted octanol–water partition coefficient (Wildman–Crippen LogP) is 4.30. The molecular formula is C27H33N3O8S. The van der Waals surface area contributed by atoms with E-state index >= 15 is 0 Å². The summed E-state index contributed by atoms with van der Waals surface area (Å²) >= 11 is 0. The van der Waals surface area contributed by atoms with Gasteiger partial charge >= 0.3 is 11.7 Å². The van der Waals surface area contributed by atoms with E-state index in [0.29, 0.717) is 12.1 Å². The summed E-state index contributed by atoms with van der Waals surface area (Å²) in [4.78, 5) is 35.7. The summed E-state index contributed by atoms with van der Waals surface area (Å²) < 4.78 is 38.9. The van der Waals surface area contributed by atoms with Crippen LogP contribution in [0.25, 0.3) is 0 Å². The summed E-state index contributed by atoms with van der Waals surface area (Å²) in [6, 6.07) is 8.12. The maximum absolute atomic E-state index is 13.6. The van der Waals surface area contributed by atoms with Gasteiger partial charge in [-0.15, -0.1) is 0 Å². The van der Waals surface area contributed by atoms with Crippen LogP contribution in [0.4, 0.5) is 11.4 Å². The molecule has 2 atom stereocenters. The number of nitrogens with zero attached hydrogens (tertiary/aromatic N) is 2. The molecule has 1 amide bonds. The fourth-order valence-corrected chi connectivity index (χ4v) is 7.94. The first-order valence-electron chi connectivity index (χ1n) is 12.6. The predicted molar refractivity (Wildman–Crippen MR) is 143 cm³/mol. The van der Waals surface area contributed by atoms with Crippen molar-refractivity contribution in [3.05, 3.63) is 57.6 Å². The van der Waals surface area contributed by atoms with E-state index in [1.54, 1.807) is 11.2 Å². The normalized spacial score (nSPS) is 22.2. The third kappa shape index (κ3) is 5.91. The van der Waals surface area contributed by atoms with Crippen LogP contribution in [0.15, 0.2) is 41.3 Å². The van der Waals surface area contributed by atoms with Crippen molar-refractivity contribution < 1.29 is 32.4 Å². The Labute approximate surface area is 227 Å². The summed E-state index contributed by atoms with van der Waals surface area (Å²) in [7, 11) is -2.57. The SMILES string of the molecule is COc1cc(NC(=O)COC(=O)c2cccc(S(=O)(=O)N3CC4(C)CC3CC(C)(C)C4)c2)c(C)cc1[N+](=O)[O-]. The number of benzene rings is 2. The summed E-state index contributed by atoms with van der Waals surface area (Å²) in [5.41, 5.74) is 0.403. The highest BCUT2D eigenvalue weighted by molar-refractivity contribution is 7.89. The molecule has 0 aromatic heterocycles. The highest BCUT2D eigenvalue weighted by Crippen LogP contribution is 2.53. The number of nitrogens with one attached hydrogen (secondary N) is 1. The number of nitro groups is 1. The van der Waals surface area contributed by atoms with Gasteiger partial charge in [-0.1, -0.05) is 26.8 Å². The Morgan fingerprint density at radius 2 is 1.90 bits per heavy atom. The third-order valence-electron chi connectivity index (χ3n) is 7.37. The van der Waals surface area contributed by atoms with Gasteiger partial charge in [0, 0.05) is 30.4 Å². The van der Waals surface area contributed by atoms with Crippen LogP contribution in [-0.2, 0) is 19.6 Å². The molecule has 2 aliphatic rings. The molecular weight excluding hydrogens is 526 g/mol. The van der Waals surface area contributed by atoms with E-state index in [0.717, 1.165) is 19.3 Å². The number of rotatable bonds is 8. The maximum atomic E-state index is 13.6. The molecule has 0 radical (unpaired) electrons. The number of fused-ring (bicyclic) bond motifs is 2. The molecule has 4 rings (SSSR count). The van der Waals surface area contributed by atoms with Gasteiger partial charge in [-0.25, -0.2) is 13.2 Å². The summed E-state index contributed by atoms with van der Waals surface area (Å²) in [6.45, 7) is 7.83. The molecule has 1 aliphatic heterocycles. The molecule has 12 heteroatoms. The molecule has 210 valence electrons. The number of sulfonamides is 1. The minimum absolute atomic E-state index is 0.00366. The van der Waals surface area contributed by atoms with E-state index in [1.165, 1.54) is 43.5 Å². The van der Waals surface area contributed by atoms with Crippen LogP contribution in [0.3, 0.4) is 0 Å². The number of hydrogen-bond donors (Lipinski definition) is 1. The lowest BCUT2D eigenvalue weighted by molar-refractivity contribution is -0.385. The van der Waals surface area contributed by atoms with Crippen LogP contribution in [-0.4, -0.2) is 55.8 Å². The number of methoxy groups -OCH3 is 1. The average Bonchev–Trinajstić information content (AvgIpc) is 3.12. The van der Waals surface area contributed by atoms with Gasteiger partial charge in [-0.3, -0.25) is 14.9 Å². The first-order valence-corrected chi connectivity index (χ1v) is 14.0. The van der Waals surface area contributed by atoms with E-state index in [4.69, 9.17) is 9.47 Å². The van der Waals surface area contributed by atoms with Crippen LogP contribution >= 0.6 is 0 Å². The molecule has 1 N–H and O–H groups in total. The minimum atomic E-state index is -3.84. The highest BCUT2D eigenvalue weighted by Gasteiger charge is 2.53. The fourth-order valence-electron chi connectivity index (χ4n) is 6.12. The van der Waals surface area contributed by atoms with Crippen molar-refractivity contribution in [2.45, 2.75) is 57.9 Å². The van der Waals surface area contributed by atoms with Crippen molar-refractivity contribution in [2.75, 3.05) is 25.6 Å². The number of hydrogen-bond acceptors (Lipinski definition) is 8. The van der Waals surface area contributed by atoms with Crippen LogP contribution in [0, 0.1) is 27.9 Å². The van der Waals surface area contributed by atoms with Gasteiger partial charge in [0.05, 0.1) is 22.5 Å². The van der Waals surface area contributed by atoms with Gasteiger partial charge < -0.3 is 14.8 Å². The van der Waals surface area contributed by atoms with Crippen molar-refractivity contribution >= 4 is 33.3 Å². The van der Waals surface area contributed by atoms with Crippen molar-refractivity contribution in [2.24, 2.45) is 10.8 Å². The second kappa shape index (κ2) is 10.2. The van der Waals surface area contributed by atoms with Gasteiger partial charge in [-0.05, 0) is 60.8 Å². The zero-order valence-corrected chi connectivity index (χ0v) is 23.5. The number of ether oxygens (including phenoxy) is 2. The monoisotopic (exact) mass is 559 g/mol. The third-order valence-corrected chi connectivity index (χ3v) is 9.27. The Balaban J connectivity index is 1.43. The standard InChI is InChI=1S/C27H33N3O8S/c1-17-9-22(30(33)34)23(37-5)11-21(17)28-24(31)14-38-25(32)18-7-6-8-20(10-18)39(35,36)29-16-27(4)13-19(29)12-26(2,3)15-27/h6-11,19H,12-16H2,1-5H3,(H,28,31). The molecule has 0 spiro atoms. The molecule has 11 nitrogen and oxygen atoms in total. The molecule has 2 aromatic carbocycles. The molecule has 1 saturated heterocycles. The largest absolute Gasteiger partial charge is 0.490 e. The van der Waals surface area contributed by atoms with E-state index in [1.807, 2.05) is 0 Å². The van der Waals surface area contributed by atoms with Crippen molar-refractivity contribution in [1.29, 1.82) is 0 Å². The Hall–Kier alpha value is -3.51. The number of amides is 1.